The average molecular weight is 460 g/mol. The summed E-state index contributed by atoms with van der Waals surface area (Å²) in [6.45, 7) is 7.51. The number of hydrogen-bond donors (Lipinski definition) is 0. The third-order valence-corrected chi connectivity index (χ3v) is 7.47. The molecule has 7 nitrogen and oxygen atoms in total. The molecule has 0 aliphatic carbocycles. The summed E-state index contributed by atoms with van der Waals surface area (Å²) in [6, 6.07) is 12.6. The highest BCUT2D eigenvalue weighted by molar-refractivity contribution is 5.80. The van der Waals surface area contributed by atoms with Crippen LogP contribution in [0, 0.1) is 11.3 Å². The predicted octanol–water partition coefficient (Wildman–Crippen LogP) is 3.54. The number of ether oxygens (including phenoxy) is 1. The monoisotopic (exact) mass is 459 g/mol. The Kier molecular flexibility index (Phi) is 6.74. The summed E-state index contributed by atoms with van der Waals surface area (Å²) in [5.41, 5.74) is 3.49. The van der Waals surface area contributed by atoms with Gasteiger partial charge in [-0.2, -0.15) is 0 Å². The molecule has 1 amide bonds. The minimum atomic E-state index is -0.00223. The molecule has 34 heavy (non-hydrogen) atoms. The summed E-state index contributed by atoms with van der Waals surface area (Å²) >= 11 is 0. The number of aromatic nitrogens is 3. The Morgan fingerprint density at radius 3 is 2.50 bits per heavy atom. The van der Waals surface area contributed by atoms with Gasteiger partial charge in [0.25, 0.3) is 0 Å². The quantitative estimate of drug-likeness (QED) is 0.541. The molecule has 0 unspecified atom stereocenters. The minimum absolute atomic E-state index is 0.00223. The van der Waals surface area contributed by atoms with Gasteiger partial charge in [0.2, 0.25) is 5.91 Å². The van der Waals surface area contributed by atoms with Crippen molar-refractivity contribution in [3.05, 3.63) is 78.6 Å². The largest absolute Gasteiger partial charge is 0.381 e. The third kappa shape index (κ3) is 4.76. The maximum atomic E-state index is 13.9. The average Bonchev–Trinajstić information content (AvgIpc) is 3.53. The zero-order chi connectivity index (χ0) is 23.4. The van der Waals surface area contributed by atoms with Gasteiger partial charge in [-0.05, 0) is 55.2 Å². The zero-order valence-corrected chi connectivity index (χ0v) is 19.8. The maximum Gasteiger partial charge on any atom is 0.227 e. The molecule has 2 fully saturated rings. The van der Waals surface area contributed by atoms with Gasteiger partial charge < -0.3 is 14.2 Å². The Morgan fingerprint density at radius 2 is 1.82 bits per heavy atom. The first-order chi connectivity index (χ1) is 16.7. The molecular weight excluding hydrogens is 426 g/mol. The highest BCUT2D eigenvalue weighted by Crippen LogP contribution is 2.45. The van der Waals surface area contributed by atoms with Crippen LogP contribution >= 0.6 is 0 Å². The van der Waals surface area contributed by atoms with Crippen LogP contribution in [0.5, 0.6) is 0 Å². The van der Waals surface area contributed by atoms with E-state index in [4.69, 9.17) is 4.74 Å². The van der Waals surface area contributed by atoms with Gasteiger partial charge in [0.05, 0.1) is 12.2 Å². The summed E-state index contributed by atoms with van der Waals surface area (Å²) in [7, 11) is 0. The Bertz CT molecular complexity index is 1060. The molecule has 178 valence electrons. The summed E-state index contributed by atoms with van der Waals surface area (Å²) in [4.78, 5) is 26.6. The van der Waals surface area contributed by atoms with E-state index in [-0.39, 0.29) is 17.2 Å². The number of benzene rings is 1. The molecule has 0 bridgehead atoms. The van der Waals surface area contributed by atoms with Crippen molar-refractivity contribution in [2.45, 2.75) is 32.9 Å². The second-order valence-electron chi connectivity index (χ2n) is 9.54. The molecule has 1 atom stereocenters. The second-order valence-corrected chi connectivity index (χ2v) is 9.54. The molecule has 0 radical (unpaired) electrons. The molecule has 2 aliphatic heterocycles. The number of carbonyl (C=O) groups excluding carboxylic acids is 1. The molecular formula is C27H33N5O2. The second kappa shape index (κ2) is 10.1. The first-order valence-corrected chi connectivity index (χ1v) is 12.2. The zero-order valence-electron chi connectivity index (χ0n) is 19.8. The number of rotatable bonds is 7. The van der Waals surface area contributed by atoms with Crippen LogP contribution in [-0.2, 0) is 22.6 Å². The van der Waals surface area contributed by atoms with E-state index in [1.807, 2.05) is 34.1 Å². The van der Waals surface area contributed by atoms with Gasteiger partial charge >= 0.3 is 0 Å². The van der Waals surface area contributed by atoms with Crippen molar-refractivity contribution >= 4 is 5.91 Å². The molecule has 0 N–H and O–H groups in total. The molecule has 1 spiro atoms. The Labute approximate surface area is 201 Å². The number of carbonyl (C=O) groups is 1. The predicted molar refractivity (Wildman–Crippen MR) is 130 cm³/mol. The van der Waals surface area contributed by atoms with Gasteiger partial charge in [-0.3, -0.25) is 14.7 Å². The number of pyridine rings is 1. The summed E-state index contributed by atoms with van der Waals surface area (Å²) in [5.74, 6) is 0.280. The van der Waals surface area contributed by atoms with Crippen molar-refractivity contribution in [2.24, 2.45) is 11.3 Å². The molecule has 2 aromatic heterocycles. The summed E-state index contributed by atoms with van der Waals surface area (Å²) in [5, 5.41) is 0. The van der Waals surface area contributed by atoms with Crippen LogP contribution in [0.3, 0.4) is 0 Å². The highest BCUT2D eigenvalue weighted by atomic mass is 16.5. The van der Waals surface area contributed by atoms with Gasteiger partial charge in [-0.15, -0.1) is 0 Å². The fraction of sp³-hybridized carbons (Fsp3) is 0.444. The van der Waals surface area contributed by atoms with Crippen molar-refractivity contribution in [1.82, 2.24) is 24.3 Å². The molecule has 2 aliphatic rings. The van der Waals surface area contributed by atoms with Crippen molar-refractivity contribution in [3.63, 3.8) is 0 Å². The third-order valence-electron chi connectivity index (χ3n) is 7.47. The summed E-state index contributed by atoms with van der Waals surface area (Å²) in [6.07, 6.45) is 11.0. The topological polar surface area (TPSA) is 63.5 Å². The number of nitrogens with zero attached hydrogens (tertiary/aromatic N) is 5. The van der Waals surface area contributed by atoms with E-state index < -0.39 is 0 Å². The first kappa shape index (κ1) is 22.7. The minimum Gasteiger partial charge on any atom is -0.381 e. The lowest BCUT2D eigenvalue weighted by Crippen LogP contribution is -2.46. The molecule has 3 aromatic rings. The van der Waals surface area contributed by atoms with E-state index >= 15 is 0 Å². The Hall–Kier alpha value is -3.03. The van der Waals surface area contributed by atoms with Gasteiger partial charge in [0, 0.05) is 81.8 Å². The van der Waals surface area contributed by atoms with Crippen LogP contribution in [0.25, 0.3) is 5.69 Å². The van der Waals surface area contributed by atoms with E-state index in [0.717, 1.165) is 56.9 Å². The van der Waals surface area contributed by atoms with Crippen molar-refractivity contribution < 1.29 is 9.53 Å². The van der Waals surface area contributed by atoms with E-state index in [9.17, 15) is 4.79 Å². The standard InChI is InChI=1S/C27H33N5O2/c1-2-31(18-23-7-11-28-12-8-23)26(33)25-19-30(20-27(25)9-15-34-16-10-27)17-22-3-5-24(6-4-22)32-14-13-29-21-32/h3-8,11-14,21,25H,2,9-10,15-20H2,1H3/t25-/m0/s1. The fourth-order valence-electron chi connectivity index (χ4n) is 5.53. The van der Waals surface area contributed by atoms with Crippen LogP contribution in [0.15, 0.2) is 67.5 Å². The Balaban J connectivity index is 1.31. The van der Waals surface area contributed by atoms with Gasteiger partial charge in [-0.25, -0.2) is 4.98 Å². The Morgan fingerprint density at radius 1 is 1.06 bits per heavy atom. The SMILES string of the molecule is CCN(Cc1ccncc1)C(=O)[C@@H]1CN(Cc2ccc(-n3ccnc3)cc2)CC12CCOCC2. The van der Waals surface area contributed by atoms with Gasteiger partial charge in [-0.1, -0.05) is 12.1 Å². The molecule has 0 saturated carbocycles. The molecule has 2 saturated heterocycles. The van der Waals surface area contributed by atoms with Crippen LogP contribution in [0.4, 0.5) is 0 Å². The maximum absolute atomic E-state index is 13.9. The number of likely N-dealkylation sites (tertiary alicyclic amines) is 1. The number of hydrogen-bond acceptors (Lipinski definition) is 5. The smallest absolute Gasteiger partial charge is 0.227 e. The normalized spacial score (nSPS) is 20.0. The molecule has 7 heteroatoms. The van der Waals surface area contributed by atoms with Gasteiger partial charge in [0.1, 0.15) is 0 Å². The number of imidazole rings is 1. The number of amides is 1. The van der Waals surface area contributed by atoms with Crippen LogP contribution < -0.4 is 0 Å². The van der Waals surface area contributed by atoms with Crippen molar-refractivity contribution in [1.29, 1.82) is 0 Å². The lowest BCUT2D eigenvalue weighted by atomic mass is 9.71. The van der Waals surface area contributed by atoms with E-state index in [0.29, 0.717) is 13.1 Å². The van der Waals surface area contributed by atoms with Crippen LogP contribution in [-0.4, -0.2) is 63.1 Å². The lowest BCUT2D eigenvalue weighted by Gasteiger charge is -2.39. The fourth-order valence-corrected chi connectivity index (χ4v) is 5.53. The van der Waals surface area contributed by atoms with E-state index in [1.54, 1.807) is 18.6 Å². The van der Waals surface area contributed by atoms with Crippen molar-refractivity contribution in [3.8, 4) is 5.69 Å². The lowest BCUT2D eigenvalue weighted by molar-refractivity contribution is -0.141. The van der Waals surface area contributed by atoms with Gasteiger partial charge in [0.15, 0.2) is 0 Å². The molecule has 4 heterocycles. The van der Waals surface area contributed by atoms with Crippen molar-refractivity contribution in [2.75, 3.05) is 32.8 Å². The summed E-state index contributed by atoms with van der Waals surface area (Å²) < 4.78 is 7.72. The van der Waals surface area contributed by atoms with E-state index in [1.165, 1.54) is 5.56 Å². The van der Waals surface area contributed by atoms with Crippen LogP contribution in [0.1, 0.15) is 30.9 Å². The first-order valence-electron chi connectivity index (χ1n) is 12.2. The molecule has 1 aromatic carbocycles. The highest BCUT2D eigenvalue weighted by Gasteiger charge is 2.51. The van der Waals surface area contributed by atoms with E-state index in [2.05, 4.69) is 46.1 Å². The van der Waals surface area contributed by atoms with Crippen LogP contribution in [0.2, 0.25) is 0 Å². The molecule has 5 rings (SSSR count).